The second-order valence-corrected chi connectivity index (χ2v) is 7.84. The number of hydrogen-bond acceptors (Lipinski definition) is 6. The molecule has 4 rings (SSSR count). The maximum Gasteiger partial charge on any atom is 0.248 e. The number of amides is 1. The van der Waals surface area contributed by atoms with Crippen molar-refractivity contribution in [2.24, 2.45) is 0 Å². The van der Waals surface area contributed by atoms with Gasteiger partial charge in [-0.1, -0.05) is 0 Å². The first kappa shape index (κ1) is 20.7. The summed E-state index contributed by atoms with van der Waals surface area (Å²) in [5.74, 6) is 0.334. The van der Waals surface area contributed by atoms with Crippen molar-refractivity contribution in [3.05, 3.63) is 53.9 Å². The van der Waals surface area contributed by atoms with E-state index in [1.165, 1.54) is 12.1 Å². The van der Waals surface area contributed by atoms with E-state index in [4.69, 9.17) is 9.47 Å². The molecule has 2 fully saturated rings. The molecule has 1 aromatic heterocycles. The van der Waals surface area contributed by atoms with Gasteiger partial charge < -0.3 is 14.4 Å². The number of rotatable bonds is 6. The zero-order valence-electron chi connectivity index (χ0n) is 17.2. The minimum absolute atomic E-state index is 0.0382. The molecule has 1 amide bonds. The number of hydrogen-bond donors (Lipinski definition) is 0. The molecule has 1 aromatic carbocycles. The average molecular weight is 414 g/mol. The molecule has 0 saturated carbocycles. The van der Waals surface area contributed by atoms with Crippen LogP contribution in [0.4, 0.5) is 4.39 Å². The maximum atomic E-state index is 13.0. The minimum Gasteiger partial charge on any atom is -0.491 e. The van der Waals surface area contributed by atoms with Crippen LogP contribution in [0.2, 0.25) is 0 Å². The van der Waals surface area contributed by atoms with Crippen LogP contribution in [0.25, 0.3) is 0 Å². The lowest BCUT2D eigenvalue weighted by atomic mass is 10.0. The van der Waals surface area contributed by atoms with Gasteiger partial charge in [0.15, 0.2) is 0 Å². The zero-order chi connectivity index (χ0) is 20.9. The van der Waals surface area contributed by atoms with E-state index in [9.17, 15) is 9.18 Å². The zero-order valence-corrected chi connectivity index (χ0v) is 17.2. The first-order valence-corrected chi connectivity index (χ1v) is 10.4. The van der Waals surface area contributed by atoms with Gasteiger partial charge in [0.25, 0.3) is 0 Å². The molecule has 0 N–H and O–H groups in total. The Hall–Kier alpha value is -2.58. The van der Waals surface area contributed by atoms with E-state index in [0.717, 1.165) is 43.9 Å². The Balaban J connectivity index is 1.27. The van der Waals surface area contributed by atoms with Gasteiger partial charge in [-0.25, -0.2) is 4.39 Å². The molecule has 2 aliphatic rings. The summed E-state index contributed by atoms with van der Waals surface area (Å²) in [5.41, 5.74) is 1.98. The predicted molar refractivity (Wildman–Crippen MR) is 108 cm³/mol. The number of aryl methyl sites for hydroxylation is 1. The highest BCUT2D eigenvalue weighted by molar-refractivity contribution is 5.78. The molecule has 30 heavy (non-hydrogen) atoms. The Kier molecular flexibility index (Phi) is 6.54. The summed E-state index contributed by atoms with van der Waals surface area (Å²) < 4.78 is 24.4. The van der Waals surface area contributed by atoms with E-state index >= 15 is 0 Å². The van der Waals surface area contributed by atoms with Crippen LogP contribution in [-0.4, -0.2) is 70.7 Å². The third-order valence-electron chi connectivity index (χ3n) is 5.77. The highest BCUT2D eigenvalue weighted by Gasteiger charge is 2.34. The molecule has 0 radical (unpaired) electrons. The molecule has 8 heteroatoms. The molecule has 160 valence electrons. The van der Waals surface area contributed by atoms with Gasteiger partial charge in [-0.2, -0.15) is 0 Å². The molecule has 3 heterocycles. The number of aromatic nitrogens is 2. The molecule has 7 nitrogen and oxygen atoms in total. The van der Waals surface area contributed by atoms with Crippen molar-refractivity contribution in [2.75, 3.05) is 32.8 Å². The van der Waals surface area contributed by atoms with Gasteiger partial charge in [-0.3, -0.25) is 19.7 Å². The number of benzene rings is 1. The van der Waals surface area contributed by atoms with E-state index in [2.05, 4.69) is 14.9 Å². The molecule has 0 unspecified atom stereocenters. The molecule has 2 aliphatic heterocycles. The van der Waals surface area contributed by atoms with Gasteiger partial charge in [-0.05, 0) is 44.0 Å². The molecule has 2 aromatic rings. The highest BCUT2D eigenvalue weighted by Crippen LogP contribution is 2.22. The van der Waals surface area contributed by atoms with Gasteiger partial charge >= 0.3 is 0 Å². The molecule has 1 atom stereocenters. The van der Waals surface area contributed by atoms with Crippen LogP contribution in [0.5, 0.6) is 5.75 Å². The fourth-order valence-electron chi connectivity index (χ4n) is 4.01. The lowest BCUT2D eigenvalue weighted by molar-refractivity contribution is -0.155. The lowest BCUT2D eigenvalue weighted by Gasteiger charge is -2.42. The third kappa shape index (κ3) is 5.12. The molecule has 2 saturated heterocycles. The largest absolute Gasteiger partial charge is 0.491 e. The molecule has 0 aliphatic carbocycles. The van der Waals surface area contributed by atoms with Crippen LogP contribution in [0, 0.1) is 12.7 Å². The smallest absolute Gasteiger partial charge is 0.248 e. The number of halogens is 1. The van der Waals surface area contributed by atoms with E-state index in [1.807, 2.05) is 11.8 Å². The van der Waals surface area contributed by atoms with Gasteiger partial charge in [-0.15, -0.1) is 0 Å². The Bertz CT molecular complexity index is 856. The summed E-state index contributed by atoms with van der Waals surface area (Å²) in [7, 11) is 0. The summed E-state index contributed by atoms with van der Waals surface area (Å²) in [4.78, 5) is 25.5. The van der Waals surface area contributed by atoms with Gasteiger partial charge in [0.05, 0.1) is 17.9 Å². The summed E-state index contributed by atoms with van der Waals surface area (Å²) in [6, 6.07) is 6.13. The topological polar surface area (TPSA) is 67.8 Å². The summed E-state index contributed by atoms with van der Waals surface area (Å²) in [6.45, 7) is 5.54. The van der Waals surface area contributed by atoms with Crippen molar-refractivity contribution < 1.29 is 18.7 Å². The standard InChI is InChI=1S/C22H27FN4O3/c1-16-21(25-9-8-24-16)13-26-10-6-18(7-11-26)27-12-20(30-15-22(27)28)14-29-19-4-2-17(23)3-5-19/h2-5,8-9,18,20H,6-7,10-15H2,1H3/t20-/m0/s1. The van der Waals surface area contributed by atoms with Gasteiger partial charge in [0, 0.05) is 38.1 Å². The normalized spacial score (nSPS) is 21.1. The first-order valence-electron chi connectivity index (χ1n) is 10.4. The monoisotopic (exact) mass is 414 g/mol. The van der Waals surface area contributed by atoms with E-state index in [-0.39, 0.29) is 30.5 Å². The number of carbonyl (C=O) groups excluding carboxylic acids is 1. The van der Waals surface area contributed by atoms with Gasteiger partial charge in [0.2, 0.25) is 5.91 Å². The van der Waals surface area contributed by atoms with Crippen LogP contribution in [0.1, 0.15) is 24.2 Å². The van der Waals surface area contributed by atoms with E-state index in [1.54, 1.807) is 24.5 Å². The Labute approximate surface area is 175 Å². The SMILES string of the molecule is Cc1nccnc1CN1CCC(N2C[C@@H](COc3ccc(F)cc3)OCC2=O)CC1. The van der Waals surface area contributed by atoms with Crippen molar-refractivity contribution >= 4 is 5.91 Å². The summed E-state index contributed by atoms with van der Waals surface area (Å²) >= 11 is 0. The summed E-state index contributed by atoms with van der Waals surface area (Å²) in [5, 5.41) is 0. The Morgan fingerprint density at radius 1 is 1.17 bits per heavy atom. The number of morpholine rings is 1. The van der Waals surface area contributed by atoms with E-state index < -0.39 is 0 Å². The van der Waals surface area contributed by atoms with Crippen LogP contribution in [0.15, 0.2) is 36.7 Å². The average Bonchev–Trinajstić information content (AvgIpc) is 2.76. The molecular formula is C22H27FN4O3. The maximum absolute atomic E-state index is 13.0. The van der Waals surface area contributed by atoms with Crippen molar-refractivity contribution in [3.8, 4) is 5.75 Å². The van der Waals surface area contributed by atoms with Crippen molar-refractivity contribution in [3.63, 3.8) is 0 Å². The second kappa shape index (κ2) is 9.49. The van der Waals surface area contributed by atoms with Crippen molar-refractivity contribution in [1.82, 2.24) is 19.8 Å². The van der Waals surface area contributed by atoms with Crippen molar-refractivity contribution in [1.29, 1.82) is 0 Å². The Morgan fingerprint density at radius 3 is 2.63 bits per heavy atom. The number of piperidine rings is 1. The van der Waals surface area contributed by atoms with Crippen LogP contribution in [-0.2, 0) is 16.1 Å². The third-order valence-corrected chi connectivity index (χ3v) is 5.77. The molecule has 0 bridgehead atoms. The fraction of sp³-hybridized carbons (Fsp3) is 0.500. The lowest BCUT2D eigenvalue weighted by Crippen LogP contribution is -2.55. The first-order chi connectivity index (χ1) is 14.6. The highest BCUT2D eigenvalue weighted by atomic mass is 19.1. The van der Waals surface area contributed by atoms with Crippen LogP contribution in [0.3, 0.4) is 0 Å². The number of nitrogens with zero attached hydrogens (tertiary/aromatic N) is 4. The van der Waals surface area contributed by atoms with Crippen LogP contribution >= 0.6 is 0 Å². The minimum atomic E-state index is -0.297. The number of ether oxygens (including phenoxy) is 2. The quantitative estimate of drug-likeness (QED) is 0.722. The second-order valence-electron chi connectivity index (χ2n) is 7.84. The Morgan fingerprint density at radius 2 is 1.90 bits per heavy atom. The predicted octanol–water partition coefficient (Wildman–Crippen LogP) is 2.19. The van der Waals surface area contributed by atoms with Gasteiger partial charge in [0.1, 0.15) is 30.9 Å². The van der Waals surface area contributed by atoms with Crippen molar-refractivity contribution in [2.45, 2.75) is 38.5 Å². The number of likely N-dealkylation sites (tertiary alicyclic amines) is 1. The summed E-state index contributed by atoms with van der Waals surface area (Å²) in [6.07, 6.45) is 5.11. The molecular weight excluding hydrogens is 387 g/mol. The fourth-order valence-corrected chi connectivity index (χ4v) is 4.01. The number of carbonyl (C=O) groups is 1. The molecule has 0 spiro atoms. The van der Waals surface area contributed by atoms with Crippen LogP contribution < -0.4 is 4.74 Å². The van der Waals surface area contributed by atoms with E-state index in [0.29, 0.717) is 18.9 Å².